The molecule has 0 fully saturated rings. The van der Waals surface area contributed by atoms with E-state index in [1.54, 1.807) is 0 Å². The highest BCUT2D eigenvalue weighted by molar-refractivity contribution is 5.71. The lowest BCUT2D eigenvalue weighted by atomic mass is 10.0. The van der Waals surface area contributed by atoms with E-state index >= 15 is 0 Å². The molecule has 0 N–H and O–H groups in total. The standard InChI is InChI=1S/C30H22O3/c1-3-9-24(10-4-1)31-26-17-15-23(16-18-26)29-13-7-8-14-30(29)33-28-21-19-27(20-22-28)32-25-11-5-2-6-12-25/h1-22H. The maximum atomic E-state index is 6.21. The molecule has 0 aliphatic rings. The van der Waals surface area contributed by atoms with Gasteiger partial charge in [0.1, 0.15) is 34.5 Å². The van der Waals surface area contributed by atoms with Gasteiger partial charge >= 0.3 is 0 Å². The van der Waals surface area contributed by atoms with E-state index in [9.17, 15) is 0 Å². The van der Waals surface area contributed by atoms with E-state index in [2.05, 4.69) is 6.07 Å². The van der Waals surface area contributed by atoms with Crippen molar-refractivity contribution in [2.45, 2.75) is 0 Å². The first-order chi connectivity index (χ1) is 16.3. The molecule has 0 bridgehead atoms. The van der Waals surface area contributed by atoms with Crippen LogP contribution in [0.2, 0.25) is 0 Å². The summed E-state index contributed by atoms with van der Waals surface area (Å²) in [6.45, 7) is 0. The summed E-state index contributed by atoms with van der Waals surface area (Å²) in [5, 5.41) is 0. The molecular formula is C30H22O3. The molecule has 0 aliphatic carbocycles. The highest BCUT2D eigenvalue weighted by Gasteiger charge is 2.08. The largest absolute Gasteiger partial charge is 0.457 e. The van der Waals surface area contributed by atoms with E-state index in [1.165, 1.54) is 0 Å². The Morgan fingerprint density at radius 2 is 0.697 bits per heavy atom. The average Bonchev–Trinajstić information content (AvgIpc) is 2.87. The van der Waals surface area contributed by atoms with Crippen molar-refractivity contribution >= 4 is 0 Å². The Hall–Kier alpha value is -4.50. The second-order valence-electron chi connectivity index (χ2n) is 7.42. The zero-order chi connectivity index (χ0) is 22.3. The van der Waals surface area contributed by atoms with Gasteiger partial charge in [0.05, 0.1) is 0 Å². The van der Waals surface area contributed by atoms with Gasteiger partial charge in [0.15, 0.2) is 0 Å². The Kier molecular flexibility index (Phi) is 6.03. The molecular weight excluding hydrogens is 408 g/mol. The zero-order valence-electron chi connectivity index (χ0n) is 17.9. The van der Waals surface area contributed by atoms with Crippen LogP contribution in [0.3, 0.4) is 0 Å². The van der Waals surface area contributed by atoms with Gasteiger partial charge in [0.25, 0.3) is 0 Å². The van der Waals surface area contributed by atoms with Crippen molar-refractivity contribution in [2.75, 3.05) is 0 Å². The molecule has 160 valence electrons. The molecule has 5 aromatic carbocycles. The second-order valence-corrected chi connectivity index (χ2v) is 7.42. The summed E-state index contributed by atoms with van der Waals surface area (Å²) in [6, 6.07) is 43.1. The summed E-state index contributed by atoms with van der Waals surface area (Å²) in [5.41, 5.74) is 2.06. The summed E-state index contributed by atoms with van der Waals surface area (Å²) in [6.07, 6.45) is 0. The highest BCUT2D eigenvalue weighted by Crippen LogP contribution is 2.35. The number of hydrogen-bond acceptors (Lipinski definition) is 3. The molecule has 33 heavy (non-hydrogen) atoms. The lowest BCUT2D eigenvalue weighted by Gasteiger charge is -2.13. The van der Waals surface area contributed by atoms with Crippen LogP contribution < -0.4 is 14.2 Å². The average molecular weight is 431 g/mol. The van der Waals surface area contributed by atoms with Crippen molar-refractivity contribution in [1.82, 2.24) is 0 Å². The van der Waals surface area contributed by atoms with E-state index in [4.69, 9.17) is 14.2 Å². The molecule has 0 unspecified atom stereocenters. The summed E-state index contributed by atoms with van der Waals surface area (Å²) in [4.78, 5) is 0. The fourth-order valence-corrected chi connectivity index (χ4v) is 3.45. The molecule has 0 radical (unpaired) electrons. The minimum atomic E-state index is 0.742. The molecule has 3 nitrogen and oxygen atoms in total. The minimum absolute atomic E-state index is 0.742. The van der Waals surface area contributed by atoms with Crippen LogP contribution in [0.15, 0.2) is 133 Å². The molecule has 3 heteroatoms. The van der Waals surface area contributed by atoms with Crippen LogP contribution in [0.4, 0.5) is 0 Å². The van der Waals surface area contributed by atoms with Gasteiger partial charge in [-0.15, -0.1) is 0 Å². The smallest absolute Gasteiger partial charge is 0.135 e. The van der Waals surface area contributed by atoms with Crippen LogP contribution in [-0.4, -0.2) is 0 Å². The molecule has 0 aliphatic heterocycles. The van der Waals surface area contributed by atoms with Gasteiger partial charge in [-0.3, -0.25) is 0 Å². The van der Waals surface area contributed by atoms with Gasteiger partial charge in [-0.1, -0.05) is 66.7 Å². The van der Waals surface area contributed by atoms with Crippen LogP contribution in [0.1, 0.15) is 0 Å². The number of benzene rings is 5. The van der Waals surface area contributed by atoms with Crippen molar-refractivity contribution in [3.05, 3.63) is 133 Å². The third-order valence-electron chi connectivity index (χ3n) is 5.06. The summed E-state index contributed by atoms with van der Waals surface area (Å²) >= 11 is 0. The minimum Gasteiger partial charge on any atom is -0.457 e. The monoisotopic (exact) mass is 430 g/mol. The first kappa shape index (κ1) is 20.4. The Labute approximate surface area is 193 Å². The fourth-order valence-electron chi connectivity index (χ4n) is 3.45. The van der Waals surface area contributed by atoms with E-state index in [0.717, 1.165) is 45.6 Å². The Morgan fingerprint density at radius 3 is 1.24 bits per heavy atom. The first-order valence-electron chi connectivity index (χ1n) is 10.8. The lowest BCUT2D eigenvalue weighted by Crippen LogP contribution is -1.89. The Bertz CT molecular complexity index is 1300. The van der Waals surface area contributed by atoms with Crippen LogP contribution in [0.25, 0.3) is 11.1 Å². The van der Waals surface area contributed by atoms with Crippen molar-refractivity contribution in [1.29, 1.82) is 0 Å². The lowest BCUT2D eigenvalue weighted by molar-refractivity contribution is 0.470. The first-order valence-corrected chi connectivity index (χ1v) is 10.8. The molecule has 0 heterocycles. The molecule has 0 spiro atoms. The van der Waals surface area contributed by atoms with Gasteiger partial charge in [0, 0.05) is 5.56 Å². The maximum Gasteiger partial charge on any atom is 0.135 e. The third-order valence-corrected chi connectivity index (χ3v) is 5.06. The molecule has 5 aromatic rings. The molecule has 0 saturated carbocycles. The zero-order valence-corrected chi connectivity index (χ0v) is 17.9. The molecule has 0 saturated heterocycles. The predicted molar refractivity (Wildman–Crippen MR) is 131 cm³/mol. The summed E-state index contributed by atoms with van der Waals surface area (Å²) < 4.78 is 18.0. The molecule has 0 aromatic heterocycles. The quantitative estimate of drug-likeness (QED) is 0.258. The second kappa shape index (κ2) is 9.75. The van der Waals surface area contributed by atoms with Crippen molar-refractivity contribution in [3.8, 4) is 45.6 Å². The third kappa shape index (κ3) is 5.23. The van der Waals surface area contributed by atoms with Crippen molar-refractivity contribution in [2.24, 2.45) is 0 Å². The highest BCUT2D eigenvalue weighted by atomic mass is 16.5. The maximum absolute atomic E-state index is 6.21. The number of rotatable bonds is 7. The Morgan fingerprint density at radius 1 is 0.303 bits per heavy atom. The van der Waals surface area contributed by atoms with Gasteiger partial charge in [-0.05, 0) is 72.3 Å². The number of ether oxygens (including phenoxy) is 3. The number of hydrogen-bond donors (Lipinski definition) is 0. The van der Waals surface area contributed by atoms with Crippen molar-refractivity contribution in [3.63, 3.8) is 0 Å². The van der Waals surface area contributed by atoms with Crippen LogP contribution in [0, 0.1) is 0 Å². The SMILES string of the molecule is c1ccc(Oc2ccc(Oc3ccccc3-c3ccc(Oc4ccccc4)cc3)cc2)cc1. The van der Waals surface area contributed by atoms with Gasteiger partial charge in [-0.2, -0.15) is 0 Å². The van der Waals surface area contributed by atoms with Gasteiger partial charge in [0.2, 0.25) is 0 Å². The topological polar surface area (TPSA) is 27.7 Å². The summed E-state index contributed by atoms with van der Waals surface area (Å²) in [7, 11) is 0. The van der Waals surface area contributed by atoms with E-state index in [1.807, 2.05) is 127 Å². The molecule has 5 rings (SSSR count). The molecule has 0 amide bonds. The van der Waals surface area contributed by atoms with Crippen LogP contribution in [-0.2, 0) is 0 Å². The number of para-hydroxylation sites is 3. The fraction of sp³-hybridized carbons (Fsp3) is 0. The van der Waals surface area contributed by atoms with Crippen LogP contribution >= 0.6 is 0 Å². The van der Waals surface area contributed by atoms with Gasteiger partial charge < -0.3 is 14.2 Å². The molecule has 0 atom stereocenters. The van der Waals surface area contributed by atoms with Crippen LogP contribution in [0.5, 0.6) is 34.5 Å². The van der Waals surface area contributed by atoms with Gasteiger partial charge in [-0.25, -0.2) is 0 Å². The van der Waals surface area contributed by atoms with E-state index in [-0.39, 0.29) is 0 Å². The summed E-state index contributed by atoms with van der Waals surface area (Å²) in [5.74, 6) is 4.69. The Balaban J connectivity index is 1.31. The van der Waals surface area contributed by atoms with E-state index in [0.29, 0.717) is 0 Å². The predicted octanol–water partition coefficient (Wildman–Crippen LogP) is 8.73. The van der Waals surface area contributed by atoms with Crippen molar-refractivity contribution < 1.29 is 14.2 Å². The van der Waals surface area contributed by atoms with E-state index < -0.39 is 0 Å². The normalized spacial score (nSPS) is 10.4.